The Hall–Kier alpha value is -3.21. The van der Waals surface area contributed by atoms with E-state index in [1.54, 1.807) is 7.11 Å². The van der Waals surface area contributed by atoms with Gasteiger partial charge in [-0.15, -0.1) is 0 Å². The Bertz CT molecular complexity index is 1010. The summed E-state index contributed by atoms with van der Waals surface area (Å²) in [7, 11) is 1.65. The van der Waals surface area contributed by atoms with E-state index in [0.29, 0.717) is 18.7 Å². The molecule has 0 spiro atoms. The van der Waals surface area contributed by atoms with Crippen LogP contribution in [0.3, 0.4) is 0 Å². The minimum atomic E-state index is 0.0481. The van der Waals surface area contributed by atoms with E-state index in [1.807, 2.05) is 67.3 Å². The number of carbonyl (C=O) groups is 1. The molecular weight excluding hydrogens is 350 g/mol. The molecule has 0 bridgehead atoms. The van der Waals surface area contributed by atoms with Gasteiger partial charge >= 0.3 is 0 Å². The largest absolute Gasteiger partial charge is 0.497 e. The highest BCUT2D eigenvalue weighted by atomic mass is 16.5. The molecule has 0 aliphatic carbocycles. The molecule has 0 saturated carbocycles. The molecule has 2 heterocycles. The molecule has 3 aromatic rings. The second-order valence-electron chi connectivity index (χ2n) is 7.12. The molecule has 1 amide bonds. The van der Waals surface area contributed by atoms with Gasteiger partial charge in [-0.1, -0.05) is 17.7 Å². The van der Waals surface area contributed by atoms with Crippen molar-refractivity contribution in [3.8, 4) is 17.0 Å². The molecular formula is C23H23N3O2. The maximum Gasteiger partial charge on any atom is 0.254 e. The number of hydrogen-bond acceptors (Lipinski definition) is 4. The summed E-state index contributed by atoms with van der Waals surface area (Å²) in [5.74, 6) is 1.61. The predicted octanol–water partition coefficient (Wildman–Crippen LogP) is 3.97. The highest BCUT2D eigenvalue weighted by Crippen LogP contribution is 2.30. The SMILES string of the molecule is COc1ccc(-c2nc(C)nc3c2CN(C(=O)c2ccc(C)cc2)CC3)cc1. The van der Waals surface area contributed by atoms with Crippen molar-refractivity contribution in [3.63, 3.8) is 0 Å². The molecule has 0 fully saturated rings. The van der Waals surface area contributed by atoms with Gasteiger partial charge in [0.15, 0.2) is 0 Å². The summed E-state index contributed by atoms with van der Waals surface area (Å²) in [4.78, 5) is 24.2. The third kappa shape index (κ3) is 3.48. The predicted molar refractivity (Wildman–Crippen MR) is 108 cm³/mol. The third-order valence-corrected chi connectivity index (χ3v) is 5.12. The fraction of sp³-hybridized carbons (Fsp3) is 0.261. The number of amides is 1. The van der Waals surface area contributed by atoms with Crippen LogP contribution in [0.4, 0.5) is 0 Å². The normalized spacial score (nSPS) is 13.2. The first-order valence-corrected chi connectivity index (χ1v) is 9.42. The lowest BCUT2D eigenvalue weighted by molar-refractivity contribution is 0.0733. The minimum Gasteiger partial charge on any atom is -0.497 e. The molecule has 28 heavy (non-hydrogen) atoms. The fourth-order valence-corrected chi connectivity index (χ4v) is 3.58. The zero-order valence-electron chi connectivity index (χ0n) is 16.4. The standard InChI is InChI=1S/C23H23N3O2/c1-15-4-6-18(7-5-15)23(27)26-13-12-21-20(14-26)22(25-16(2)24-21)17-8-10-19(28-3)11-9-17/h4-11H,12-14H2,1-3H3. The van der Waals surface area contributed by atoms with Crippen molar-refractivity contribution in [2.75, 3.05) is 13.7 Å². The summed E-state index contributed by atoms with van der Waals surface area (Å²) in [6, 6.07) is 15.6. The molecule has 4 rings (SSSR count). The summed E-state index contributed by atoms with van der Waals surface area (Å²) in [5.41, 5.74) is 5.83. The van der Waals surface area contributed by atoms with Crippen molar-refractivity contribution in [1.29, 1.82) is 0 Å². The molecule has 1 aliphatic rings. The second kappa shape index (κ2) is 7.43. The Kier molecular flexibility index (Phi) is 4.82. The van der Waals surface area contributed by atoms with E-state index in [9.17, 15) is 4.79 Å². The van der Waals surface area contributed by atoms with Crippen molar-refractivity contribution in [2.45, 2.75) is 26.8 Å². The lowest BCUT2D eigenvalue weighted by atomic mass is 9.98. The zero-order chi connectivity index (χ0) is 19.7. The van der Waals surface area contributed by atoms with E-state index in [1.165, 1.54) is 0 Å². The van der Waals surface area contributed by atoms with E-state index >= 15 is 0 Å². The summed E-state index contributed by atoms with van der Waals surface area (Å²) in [5, 5.41) is 0. The summed E-state index contributed by atoms with van der Waals surface area (Å²) in [6.45, 7) is 5.12. The van der Waals surface area contributed by atoms with Gasteiger partial charge in [-0.3, -0.25) is 4.79 Å². The molecule has 0 radical (unpaired) electrons. The summed E-state index contributed by atoms with van der Waals surface area (Å²) < 4.78 is 5.26. The second-order valence-corrected chi connectivity index (χ2v) is 7.12. The van der Waals surface area contributed by atoms with Crippen LogP contribution in [0.1, 0.15) is 33.0 Å². The lowest BCUT2D eigenvalue weighted by Gasteiger charge is -2.30. The van der Waals surface area contributed by atoms with E-state index in [-0.39, 0.29) is 5.91 Å². The average Bonchev–Trinajstić information content (AvgIpc) is 2.73. The number of hydrogen-bond donors (Lipinski definition) is 0. The molecule has 0 N–H and O–H groups in total. The zero-order valence-corrected chi connectivity index (χ0v) is 16.4. The molecule has 1 aliphatic heterocycles. The maximum atomic E-state index is 13.0. The molecule has 142 valence electrons. The Morgan fingerprint density at radius 2 is 1.71 bits per heavy atom. The molecule has 0 saturated heterocycles. The number of carbonyl (C=O) groups excluding carboxylic acids is 1. The van der Waals surface area contributed by atoms with Crippen LogP contribution < -0.4 is 4.74 Å². The molecule has 5 nitrogen and oxygen atoms in total. The van der Waals surface area contributed by atoms with Crippen molar-refractivity contribution in [3.05, 3.63) is 76.7 Å². The van der Waals surface area contributed by atoms with Crippen LogP contribution in [0.5, 0.6) is 5.75 Å². The molecule has 0 atom stereocenters. The number of rotatable bonds is 3. The Balaban J connectivity index is 1.68. The first kappa shape index (κ1) is 18.2. The number of fused-ring (bicyclic) bond motifs is 1. The van der Waals surface area contributed by atoms with Crippen molar-refractivity contribution in [2.24, 2.45) is 0 Å². The van der Waals surface area contributed by atoms with Crippen molar-refractivity contribution < 1.29 is 9.53 Å². The van der Waals surface area contributed by atoms with Crippen LogP contribution in [0.15, 0.2) is 48.5 Å². The smallest absolute Gasteiger partial charge is 0.254 e. The quantitative estimate of drug-likeness (QED) is 0.697. The summed E-state index contributed by atoms with van der Waals surface area (Å²) in [6.07, 6.45) is 0.736. The Labute approximate surface area is 165 Å². The van der Waals surface area contributed by atoms with E-state index < -0.39 is 0 Å². The van der Waals surface area contributed by atoms with Gasteiger partial charge in [0.2, 0.25) is 0 Å². The van der Waals surface area contributed by atoms with Crippen LogP contribution >= 0.6 is 0 Å². The van der Waals surface area contributed by atoms with Gasteiger partial charge in [-0.2, -0.15) is 0 Å². The van der Waals surface area contributed by atoms with Gasteiger partial charge in [-0.05, 0) is 50.2 Å². The molecule has 2 aromatic carbocycles. The van der Waals surface area contributed by atoms with E-state index in [0.717, 1.165) is 46.1 Å². The summed E-state index contributed by atoms with van der Waals surface area (Å²) >= 11 is 0. The van der Waals surface area contributed by atoms with Crippen LogP contribution in [0.2, 0.25) is 0 Å². The topological polar surface area (TPSA) is 55.3 Å². The van der Waals surface area contributed by atoms with Crippen LogP contribution in [0.25, 0.3) is 11.3 Å². The van der Waals surface area contributed by atoms with Gasteiger partial charge in [-0.25, -0.2) is 9.97 Å². The van der Waals surface area contributed by atoms with E-state index in [2.05, 4.69) is 4.98 Å². The Morgan fingerprint density at radius 1 is 1.00 bits per heavy atom. The van der Waals surface area contributed by atoms with Crippen molar-refractivity contribution in [1.82, 2.24) is 14.9 Å². The first-order chi connectivity index (χ1) is 13.5. The Morgan fingerprint density at radius 3 is 2.39 bits per heavy atom. The van der Waals surface area contributed by atoms with Gasteiger partial charge in [0, 0.05) is 36.2 Å². The van der Waals surface area contributed by atoms with Gasteiger partial charge in [0.25, 0.3) is 5.91 Å². The van der Waals surface area contributed by atoms with Gasteiger partial charge in [0.05, 0.1) is 18.5 Å². The first-order valence-electron chi connectivity index (χ1n) is 9.42. The van der Waals surface area contributed by atoms with Crippen LogP contribution in [-0.2, 0) is 13.0 Å². The number of nitrogens with zero attached hydrogens (tertiary/aromatic N) is 3. The highest BCUT2D eigenvalue weighted by Gasteiger charge is 2.26. The fourth-order valence-electron chi connectivity index (χ4n) is 3.58. The molecule has 5 heteroatoms. The minimum absolute atomic E-state index is 0.0481. The number of aromatic nitrogens is 2. The highest BCUT2D eigenvalue weighted by molar-refractivity contribution is 5.94. The number of benzene rings is 2. The number of ether oxygens (including phenoxy) is 1. The molecule has 1 aromatic heterocycles. The van der Waals surface area contributed by atoms with Gasteiger partial charge < -0.3 is 9.64 Å². The third-order valence-electron chi connectivity index (χ3n) is 5.12. The average molecular weight is 373 g/mol. The maximum absolute atomic E-state index is 13.0. The number of aryl methyl sites for hydroxylation is 2. The number of methoxy groups -OCH3 is 1. The molecule has 0 unspecified atom stereocenters. The lowest BCUT2D eigenvalue weighted by Crippen LogP contribution is -2.37. The van der Waals surface area contributed by atoms with Crippen LogP contribution in [-0.4, -0.2) is 34.4 Å². The van der Waals surface area contributed by atoms with Crippen LogP contribution in [0, 0.1) is 13.8 Å². The monoisotopic (exact) mass is 373 g/mol. The van der Waals surface area contributed by atoms with Crippen molar-refractivity contribution >= 4 is 5.91 Å². The van der Waals surface area contributed by atoms with Gasteiger partial charge in [0.1, 0.15) is 11.6 Å². The van der Waals surface area contributed by atoms with E-state index in [4.69, 9.17) is 9.72 Å².